The maximum absolute atomic E-state index is 11.0. The molecular formula is C15H21NO2. The second-order valence-corrected chi connectivity index (χ2v) is 5.14. The van der Waals surface area contributed by atoms with Crippen LogP contribution in [0.3, 0.4) is 0 Å². The average Bonchev–Trinajstić information content (AvgIpc) is 2.54. The number of carboxylic acid groups (broad SMARTS) is 1. The first kappa shape index (κ1) is 13.1. The van der Waals surface area contributed by atoms with E-state index in [4.69, 9.17) is 5.11 Å². The standard InChI is InChI=1S/C15H21NO2/c1-12-6-5-7-13(10-12)14-8-3-2-4-9-16(14)11-15(17)18/h5-7,10,14H,2-4,8-9,11H2,1H3,(H,17,18). The van der Waals surface area contributed by atoms with E-state index in [0.717, 1.165) is 19.4 Å². The Morgan fingerprint density at radius 1 is 1.39 bits per heavy atom. The van der Waals surface area contributed by atoms with Gasteiger partial charge in [0.05, 0.1) is 6.54 Å². The monoisotopic (exact) mass is 247 g/mol. The second-order valence-electron chi connectivity index (χ2n) is 5.14. The summed E-state index contributed by atoms with van der Waals surface area (Å²) in [6.45, 7) is 3.13. The molecule has 1 saturated heterocycles. The van der Waals surface area contributed by atoms with E-state index in [1.807, 2.05) is 0 Å². The Hall–Kier alpha value is -1.35. The van der Waals surface area contributed by atoms with E-state index in [0.29, 0.717) is 0 Å². The van der Waals surface area contributed by atoms with Crippen molar-refractivity contribution < 1.29 is 9.90 Å². The number of hydrogen-bond donors (Lipinski definition) is 1. The molecule has 3 heteroatoms. The SMILES string of the molecule is Cc1cccc(C2CCCCCN2CC(=O)O)c1. The minimum absolute atomic E-state index is 0.151. The van der Waals surface area contributed by atoms with Crippen LogP contribution in [0, 0.1) is 6.92 Å². The van der Waals surface area contributed by atoms with Crippen LogP contribution in [0.4, 0.5) is 0 Å². The van der Waals surface area contributed by atoms with Gasteiger partial charge in [-0.3, -0.25) is 9.69 Å². The molecule has 1 atom stereocenters. The van der Waals surface area contributed by atoms with Gasteiger partial charge in [-0.05, 0) is 31.9 Å². The van der Waals surface area contributed by atoms with E-state index >= 15 is 0 Å². The Bertz CT molecular complexity index is 417. The predicted molar refractivity (Wildman–Crippen MR) is 71.6 cm³/mol. The van der Waals surface area contributed by atoms with Gasteiger partial charge in [0.25, 0.3) is 0 Å². The normalized spacial score (nSPS) is 21.5. The van der Waals surface area contributed by atoms with Crippen LogP contribution in [0.1, 0.15) is 42.9 Å². The molecule has 1 unspecified atom stereocenters. The van der Waals surface area contributed by atoms with Gasteiger partial charge >= 0.3 is 5.97 Å². The minimum atomic E-state index is -0.727. The summed E-state index contributed by atoms with van der Waals surface area (Å²) in [5, 5.41) is 9.04. The number of carboxylic acids is 1. The molecule has 0 radical (unpaired) electrons. The highest BCUT2D eigenvalue weighted by molar-refractivity contribution is 5.69. The lowest BCUT2D eigenvalue weighted by molar-refractivity contribution is -0.138. The summed E-state index contributed by atoms with van der Waals surface area (Å²) < 4.78 is 0. The van der Waals surface area contributed by atoms with Crippen LogP contribution in [-0.4, -0.2) is 29.1 Å². The van der Waals surface area contributed by atoms with E-state index in [1.54, 1.807) is 0 Å². The molecule has 1 fully saturated rings. The van der Waals surface area contributed by atoms with Crippen molar-refractivity contribution in [1.82, 2.24) is 4.90 Å². The highest BCUT2D eigenvalue weighted by atomic mass is 16.4. The Labute approximate surface area is 108 Å². The quantitative estimate of drug-likeness (QED) is 0.892. The van der Waals surface area contributed by atoms with Crippen LogP contribution in [0.15, 0.2) is 24.3 Å². The van der Waals surface area contributed by atoms with Gasteiger partial charge in [0.2, 0.25) is 0 Å². The first-order chi connectivity index (χ1) is 8.66. The molecule has 1 aliphatic rings. The van der Waals surface area contributed by atoms with Crippen molar-refractivity contribution in [2.45, 2.75) is 38.6 Å². The lowest BCUT2D eigenvalue weighted by Gasteiger charge is -2.29. The molecule has 18 heavy (non-hydrogen) atoms. The largest absolute Gasteiger partial charge is 0.480 e. The van der Waals surface area contributed by atoms with Crippen molar-refractivity contribution in [3.8, 4) is 0 Å². The molecule has 1 aromatic rings. The second kappa shape index (κ2) is 6.01. The van der Waals surface area contributed by atoms with Crippen molar-refractivity contribution in [3.05, 3.63) is 35.4 Å². The molecule has 3 nitrogen and oxygen atoms in total. The number of carbonyl (C=O) groups is 1. The van der Waals surface area contributed by atoms with Crippen LogP contribution in [0.2, 0.25) is 0 Å². The third-order valence-electron chi connectivity index (χ3n) is 3.63. The van der Waals surface area contributed by atoms with Crippen molar-refractivity contribution in [2.75, 3.05) is 13.1 Å². The zero-order valence-corrected chi connectivity index (χ0v) is 10.9. The third-order valence-corrected chi connectivity index (χ3v) is 3.63. The molecule has 98 valence electrons. The van der Waals surface area contributed by atoms with Gasteiger partial charge in [0.1, 0.15) is 0 Å². The van der Waals surface area contributed by atoms with E-state index in [-0.39, 0.29) is 12.6 Å². The van der Waals surface area contributed by atoms with Crippen molar-refractivity contribution in [2.24, 2.45) is 0 Å². The summed E-state index contributed by atoms with van der Waals surface area (Å²) in [6, 6.07) is 8.72. The van der Waals surface area contributed by atoms with Crippen LogP contribution in [-0.2, 0) is 4.79 Å². The summed E-state index contributed by atoms with van der Waals surface area (Å²) in [5.41, 5.74) is 2.50. The molecule has 1 aliphatic heterocycles. The van der Waals surface area contributed by atoms with Gasteiger partial charge < -0.3 is 5.11 Å². The van der Waals surface area contributed by atoms with Gasteiger partial charge in [0.15, 0.2) is 0 Å². The summed E-state index contributed by atoms with van der Waals surface area (Å²) >= 11 is 0. The van der Waals surface area contributed by atoms with E-state index in [9.17, 15) is 4.79 Å². The average molecular weight is 247 g/mol. The number of likely N-dealkylation sites (tertiary alicyclic amines) is 1. The molecule has 0 aromatic heterocycles. The third kappa shape index (κ3) is 3.33. The summed E-state index contributed by atoms with van der Waals surface area (Å²) in [5.74, 6) is -0.727. The smallest absolute Gasteiger partial charge is 0.317 e. The van der Waals surface area contributed by atoms with Gasteiger partial charge in [-0.15, -0.1) is 0 Å². The van der Waals surface area contributed by atoms with Gasteiger partial charge in [-0.1, -0.05) is 42.7 Å². The molecule has 1 N–H and O–H groups in total. The fraction of sp³-hybridized carbons (Fsp3) is 0.533. The number of hydrogen-bond acceptors (Lipinski definition) is 2. The zero-order valence-electron chi connectivity index (χ0n) is 10.9. The molecule has 0 saturated carbocycles. The molecule has 0 aliphatic carbocycles. The molecular weight excluding hydrogens is 226 g/mol. The summed E-state index contributed by atoms with van der Waals surface area (Å²) in [7, 11) is 0. The predicted octanol–water partition coefficient (Wildman–Crippen LogP) is 3.00. The van der Waals surface area contributed by atoms with Crippen molar-refractivity contribution >= 4 is 5.97 Å². The first-order valence-electron chi connectivity index (χ1n) is 6.69. The Kier molecular flexibility index (Phi) is 4.37. The van der Waals surface area contributed by atoms with E-state index in [1.165, 1.54) is 24.0 Å². The number of nitrogens with zero attached hydrogens (tertiary/aromatic N) is 1. The summed E-state index contributed by atoms with van der Waals surface area (Å²) in [6.07, 6.45) is 4.57. The highest BCUT2D eigenvalue weighted by Crippen LogP contribution is 2.30. The van der Waals surface area contributed by atoms with Crippen molar-refractivity contribution in [3.63, 3.8) is 0 Å². The molecule has 2 rings (SSSR count). The first-order valence-corrected chi connectivity index (χ1v) is 6.69. The van der Waals surface area contributed by atoms with Gasteiger partial charge in [-0.25, -0.2) is 0 Å². The minimum Gasteiger partial charge on any atom is -0.480 e. The number of benzene rings is 1. The maximum Gasteiger partial charge on any atom is 0.317 e. The molecule has 1 aromatic carbocycles. The maximum atomic E-state index is 11.0. The number of rotatable bonds is 3. The fourth-order valence-corrected chi connectivity index (χ4v) is 2.79. The molecule has 0 amide bonds. The van der Waals surface area contributed by atoms with Crippen LogP contribution < -0.4 is 0 Å². The molecule has 0 bridgehead atoms. The zero-order chi connectivity index (χ0) is 13.0. The number of aliphatic carboxylic acids is 1. The van der Waals surface area contributed by atoms with Crippen molar-refractivity contribution in [1.29, 1.82) is 0 Å². The molecule has 1 heterocycles. The number of aryl methyl sites for hydroxylation is 1. The Morgan fingerprint density at radius 2 is 2.22 bits per heavy atom. The van der Waals surface area contributed by atoms with E-state index < -0.39 is 5.97 Å². The van der Waals surface area contributed by atoms with Crippen LogP contribution >= 0.6 is 0 Å². The lowest BCUT2D eigenvalue weighted by Crippen LogP contribution is -2.33. The van der Waals surface area contributed by atoms with Gasteiger partial charge in [-0.2, -0.15) is 0 Å². The van der Waals surface area contributed by atoms with Crippen LogP contribution in [0.25, 0.3) is 0 Å². The van der Waals surface area contributed by atoms with Crippen LogP contribution in [0.5, 0.6) is 0 Å². The van der Waals surface area contributed by atoms with Gasteiger partial charge in [0, 0.05) is 6.04 Å². The summed E-state index contributed by atoms with van der Waals surface area (Å²) in [4.78, 5) is 13.1. The Morgan fingerprint density at radius 3 is 2.94 bits per heavy atom. The fourth-order valence-electron chi connectivity index (χ4n) is 2.79. The molecule has 0 spiro atoms. The topological polar surface area (TPSA) is 40.5 Å². The lowest BCUT2D eigenvalue weighted by atomic mass is 9.99. The van der Waals surface area contributed by atoms with E-state index in [2.05, 4.69) is 36.1 Å². The highest BCUT2D eigenvalue weighted by Gasteiger charge is 2.24. The Balaban J connectivity index is 2.22.